The van der Waals surface area contributed by atoms with Crippen LogP contribution in [-0.4, -0.2) is 42.9 Å². The van der Waals surface area contributed by atoms with Gasteiger partial charge in [0.15, 0.2) is 11.7 Å². The predicted octanol–water partition coefficient (Wildman–Crippen LogP) is 7.37. The Morgan fingerprint density at radius 1 is 1.08 bits per heavy atom. The van der Waals surface area contributed by atoms with Gasteiger partial charge in [-0.2, -0.15) is 0 Å². The summed E-state index contributed by atoms with van der Waals surface area (Å²) in [7, 11) is 0. The molecule has 0 saturated carbocycles. The van der Waals surface area contributed by atoms with Crippen molar-refractivity contribution in [3.05, 3.63) is 63.8 Å². The number of hydrogen-bond acceptors (Lipinski definition) is 6. The molecule has 36 heavy (non-hydrogen) atoms. The van der Waals surface area contributed by atoms with Crippen molar-refractivity contribution >= 4 is 46.0 Å². The number of nitrogens with one attached hydrogen (secondary N) is 2. The van der Waals surface area contributed by atoms with Gasteiger partial charge in [-0.25, -0.2) is 0 Å². The first-order valence-electron chi connectivity index (χ1n) is 11.9. The Bertz CT molecular complexity index is 1210. The minimum atomic E-state index is -0.168. The van der Waals surface area contributed by atoms with Crippen molar-refractivity contribution in [2.24, 2.45) is 0 Å². The van der Waals surface area contributed by atoms with Gasteiger partial charge in [-0.3, -0.25) is 10.8 Å². The molecule has 0 aliphatic carbocycles. The molecule has 1 fully saturated rings. The van der Waals surface area contributed by atoms with E-state index in [1.165, 1.54) is 5.56 Å². The standard InChI is InChI=1S/C26H29Cl2N3O3.C2H2/c1-2-25(29)34-26(30)24-16-19-22(5-3-6-23(19)33-24)32-14-4-11-31-12-9-17(10-13-31)18-7-8-20(27)21(28)15-18;1-2/h3,5-8,15-17,29-30H,2,4,9-14H2,1H3;1-2H. The quantitative estimate of drug-likeness (QED) is 0.138. The smallest absolute Gasteiger partial charge is 0.256 e. The van der Waals surface area contributed by atoms with Crippen molar-refractivity contribution < 1.29 is 13.9 Å². The van der Waals surface area contributed by atoms with Gasteiger partial charge in [-0.05, 0) is 68.1 Å². The molecule has 0 atom stereocenters. The second-order valence-corrected chi connectivity index (χ2v) is 9.29. The molecule has 1 saturated heterocycles. The lowest BCUT2D eigenvalue weighted by molar-refractivity contribution is 0.193. The molecule has 0 unspecified atom stereocenters. The first kappa shape index (κ1) is 27.6. The summed E-state index contributed by atoms with van der Waals surface area (Å²) in [5.41, 5.74) is 1.91. The van der Waals surface area contributed by atoms with Gasteiger partial charge in [0.2, 0.25) is 0 Å². The highest BCUT2D eigenvalue weighted by atomic mass is 35.5. The number of rotatable bonds is 8. The van der Waals surface area contributed by atoms with Crippen LogP contribution in [0.15, 0.2) is 46.9 Å². The summed E-state index contributed by atoms with van der Waals surface area (Å²) in [6.45, 7) is 5.50. The Morgan fingerprint density at radius 3 is 2.53 bits per heavy atom. The van der Waals surface area contributed by atoms with Crippen LogP contribution in [0.2, 0.25) is 10.0 Å². The van der Waals surface area contributed by atoms with E-state index in [-0.39, 0.29) is 17.6 Å². The van der Waals surface area contributed by atoms with E-state index in [1.54, 1.807) is 13.0 Å². The average Bonchev–Trinajstić information content (AvgIpc) is 3.35. The maximum absolute atomic E-state index is 8.02. The fraction of sp³-hybridized carbons (Fsp3) is 0.357. The summed E-state index contributed by atoms with van der Waals surface area (Å²) in [6, 6.07) is 13.3. The Labute approximate surface area is 222 Å². The molecule has 0 spiro atoms. The van der Waals surface area contributed by atoms with Gasteiger partial charge >= 0.3 is 0 Å². The predicted molar refractivity (Wildman–Crippen MR) is 147 cm³/mol. The van der Waals surface area contributed by atoms with E-state index >= 15 is 0 Å². The molecule has 190 valence electrons. The van der Waals surface area contributed by atoms with Gasteiger partial charge in [0.1, 0.15) is 11.3 Å². The number of terminal acetylenes is 1. The molecule has 0 bridgehead atoms. The van der Waals surface area contributed by atoms with E-state index in [1.807, 2.05) is 30.3 Å². The Morgan fingerprint density at radius 2 is 1.83 bits per heavy atom. The minimum Gasteiger partial charge on any atom is -0.493 e. The maximum Gasteiger partial charge on any atom is 0.256 e. The van der Waals surface area contributed by atoms with Crippen LogP contribution in [-0.2, 0) is 4.74 Å². The van der Waals surface area contributed by atoms with Crippen LogP contribution in [0.5, 0.6) is 5.75 Å². The van der Waals surface area contributed by atoms with E-state index in [0.717, 1.165) is 50.0 Å². The molecule has 2 aromatic carbocycles. The van der Waals surface area contributed by atoms with Crippen molar-refractivity contribution in [3.8, 4) is 18.6 Å². The zero-order valence-corrected chi connectivity index (χ0v) is 21.9. The van der Waals surface area contributed by atoms with Gasteiger partial charge in [0.05, 0.1) is 22.0 Å². The number of benzene rings is 2. The zero-order chi connectivity index (χ0) is 26.1. The third kappa shape index (κ3) is 7.04. The number of furan rings is 1. The zero-order valence-electron chi connectivity index (χ0n) is 20.4. The first-order chi connectivity index (χ1) is 17.4. The third-order valence-electron chi connectivity index (χ3n) is 6.17. The second kappa shape index (κ2) is 13.4. The number of hydrogen-bond donors (Lipinski definition) is 2. The number of nitrogens with zero attached hydrogens (tertiary/aromatic N) is 1. The molecule has 1 aliphatic rings. The van der Waals surface area contributed by atoms with E-state index in [2.05, 4.69) is 23.8 Å². The minimum absolute atomic E-state index is 0.0305. The lowest BCUT2D eigenvalue weighted by Gasteiger charge is -2.32. The normalized spacial score (nSPS) is 14.1. The third-order valence-corrected chi connectivity index (χ3v) is 6.91. The fourth-order valence-corrected chi connectivity index (χ4v) is 4.55. The molecule has 0 radical (unpaired) electrons. The molecule has 8 heteroatoms. The van der Waals surface area contributed by atoms with Crippen molar-refractivity contribution in [2.75, 3.05) is 26.2 Å². The van der Waals surface area contributed by atoms with Gasteiger partial charge < -0.3 is 18.8 Å². The fourth-order valence-electron chi connectivity index (χ4n) is 4.24. The van der Waals surface area contributed by atoms with Crippen molar-refractivity contribution in [1.82, 2.24) is 4.90 Å². The molecule has 2 N–H and O–H groups in total. The maximum atomic E-state index is 8.02. The van der Waals surface area contributed by atoms with Crippen LogP contribution < -0.4 is 4.74 Å². The largest absolute Gasteiger partial charge is 0.493 e. The van der Waals surface area contributed by atoms with Crippen LogP contribution in [0.4, 0.5) is 0 Å². The molecule has 0 amide bonds. The Kier molecular flexibility index (Phi) is 10.2. The van der Waals surface area contributed by atoms with Gasteiger partial charge in [-0.1, -0.05) is 42.3 Å². The van der Waals surface area contributed by atoms with E-state index in [9.17, 15) is 0 Å². The van der Waals surface area contributed by atoms with Crippen LogP contribution >= 0.6 is 23.2 Å². The topological polar surface area (TPSA) is 82.5 Å². The highest BCUT2D eigenvalue weighted by Gasteiger charge is 2.21. The van der Waals surface area contributed by atoms with Gasteiger partial charge in [0, 0.05) is 19.0 Å². The van der Waals surface area contributed by atoms with Crippen LogP contribution in [0.1, 0.15) is 49.8 Å². The molecule has 2 heterocycles. The first-order valence-corrected chi connectivity index (χ1v) is 12.7. The molecule has 6 nitrogen and oxygen atoms in total. The molecule has 1 aromatic heterocycles. The highest BCUT2D eigenvalue weighted by molar-refractivity contribution is 6.42. The summed E-state index contributed by atoms with van der Waals surface area (Å²) in [6.07, 6.45) is 11.6. The number of piperidine rings is 1. The van der Waals surface area contributed by atoms with Crippen molar-refractivity contribution in [3.63, 3.8) is 0 Å². The second-order valence-electron chi connectivity index (χ2n) is 8.48. The van der Waals surface area contributed by atoms with E-state index in [4.69, 9.17) is 47.9 Å². The SMILES string of the molecule is C#C.CCC(=N)OC(=N)c1cc2c(OCCCN3CCC(c4ccc(Cl)c(Cl)c4)CC3)cccc2o1. The van der Waals surface area contributed by atoms with Crippen LogP contribution in [0.3, 0.4) is 0 Å². The monoisotopic (exact) mass is 527 g/mol. The van der Waals surface area contributed by atoms with Crippen molar-refractivity contribution in [1.29, 1.82) is 10.8 Å². The molecule has 3 aromatic rings. The van der Waals surface area contributed by atoms with Gasteiger partial charge in [-0.15, -0.1) is 12.8 Å². The number of fused-ring (bicyclic) bond motifs is 1. The van der Waals surface area contributed by atoms with E-state index in [0.29, 0.717) is 34.6 Å². The highest BCUT2D eigenvalue weighted by Crippen LogP contribution is 2.33. The molecule has 1 aliphatic heterocycles. The summed E-state index contributed by atoms with van der Waals surface area (Å²) < 4.78 is 17.0. The Balaban J connectivity index is 0.00000176. The number of likely N-dealkylation sites (tertiary alicyclic amines) is 1. The van der Waals surface area contributed by atoms with Crippen LogP contribution in [0, 0.1) is 23.7 Å². The average molecular weight is 528 g/mol. The van der Waals surface area contributed by atoms with E-state index < -0.39 is 0 Å². The van der Waals surface area contributed by atoms with Crippen molar-refractivity contribution in [2.45, 2.75) is 38.5 Å². The molecule has 4 rings (SSSR count). The lowest BCUT2D eigenvalue weighted by Crippen LogP contribution is -2.34. The summed E-state index contributed by atoms with van der Waals surface area (Å²) in [4.78, 5) is 2.48. The summed E-state index contributed by atoms with van der Waals surface area (Å²) >= 11 is 12.2. The van der Waals surface area contributed by atoms with Gasteiger partial charge in [0.25, 0.3) is 5.90 Å². The molecular weight excluding hydrogens is 497 g/mol. The summed E-state index contributed by atoms with van der Waals surface area (Å²) in [5, 5.41) is 17.7. The molecular formula is C28H31Cl2N3O3. The Hall–Kier alpha value is -2.98. The lowest BCUT2D eigenvalue weighted by atomic mass is 9.89. The number of halogens is 2. The number of ether oxygens (including phenoxy) is 2. The van der Waals surface area contributed by atoms with Crippen LogP contribution in [0.25, 0.3) is 11.0 Å². The summed E-state index contributed by atoms with van der Waals surface area (Å²) in [5.74, 6) is 1.40.